The molecule has 0 radical (unpaired) electrons. The Kier molecular flexibility index (Phi) is 4.06. The van der Waals surface area contributed by atoms with E-state index in [1.807, 2.05) is 0 Å². The standard InChI is InChI=1S/C14H24N2O/c1-12-9-14(11-15,10-13(2)17-12)16-7-5-3-4-6-8-16/h12-13H,3-10H2,1-2H3. The number of nitriles is 1. The highest BCUT2D eigenvalue weighted by molar-refractivity contribution is 5.12. The summed E-state index contributed by atoms with van der Waals surface area (Å²) < 4.78 is 5.79. The summed E-state index contributed by atoms with van der Waals surface area (Å²) in [7, 11) is 0. The van der Waals surface area contributed by atoms with Crippen molar-refractivity contribution in [2.75, 3.05) is 13.1 Å². The molecule has 0 aliphatic carbocycles. The first kappa shape index (κ1) is 12.9. The Morgan fingerprint density at radius 1 is 1.06 bits per heavy atom. The van der Waals surface area contributed by atoms with Crippen LogP contribution in [0.1, 0.15) is 52.4 Å². The third-order valence-corrected chi connectivity index (χ3v) is 4.13. The molecule has 0 saturated carbocycles. The highest BCUT2D eigenvalue weighted by atomic mass is 16.5. The van der Waals surface area contributed by atoms with Gasteiger partial charge >= 0.3 is 0 Å². The van der Waals surface area contributed by atoms with Gasteiger partial charge in [0.15, 0.2) is 0 Å². The van der Waals surface area contributed by atoms with E-state index in [2.05, 4.69) is 24.8 Å². The third-order valence-electron chi connectivity index (χ3n) is 4.13. The molecule has 0 aromatic carbocycles. The zero-order valence-corrected chi connectivity index (χ0v) is 11.1. The van der Waals surface area contributed by atoms with E-state index in [1.54, 1.807) is 0 Å². The summed E-state index contributed by atoms with van der Waals surface area (Å²) in [5.74, 6) is 0. The van der Waals surface area contributed by atoms with Crippen LogP contribution in [0.25, 0.3) is 0 Å². The van der Waals surface area contributed by atoms with E-state index in [4.69, 9.17) is 4.74 Å². The van der Waals surface area contributed by atoms with Gasteiger partial charge in [-0.1, -0.05) is 12.8 Å². The normalized spacial score (nSPS) is 40.5. The summed E-state index contributed by atoms with van der Waals surface area (Å²) in [6.45, 7) is 6.37. The van der Waals surface area contributed by atoms with Gasteiger partial charge in [-0.25, -0.2) is 0 Å². The summed E-state index contributed by atoms with van der Waals surface area (Å²) in [4.78, 5) is 2.44. The quantitative estimate of drug-likeness (QED) is 0.702. The fourth-order valence-electron chi connectivity index (χ4n) is 3.45. The van der Waals surface area contributed by atoms with Crippen LogP contribution >= 0.6 is 0 Å². The maximum Gasteiger partial charge on any atom is 0.114 e. The number of hydrogen-bond donors (Lipinski definition) is 0. The minimum Gasteiger partial charge on any atom is -0.375 e. The number of rotatable bonds is 1. The molecule has 3 heteroatoms. The van der Waals surface area contributed by atoms with Crippen LogP contribution in [0.5, 0.6) is 0 Å². The van der Waals surface area contributed by atoms with Crippen LogP contribution in [-0.2, 0) is 4.74 Å². The van der Waals surface area contributed by atoms with E-state index >= 15 is 0 Å². The lowest BCUT2D eigenvalue weighted by molar-refractivity contribution is -0.0865. The van der Waals surface area contributed by atoms with Crippen molar-refractivity contribution in [2.24, 2.45) is 0 Å². The summed E-state index contributed by atoms with van der Waals surface area (Å²) in [5.41, 5.74) is -0.262. The van der Waals surface area contributed by atoms with Crippen molar-refractivity contribution >= 4 is 0 Å². The topological polar surface area (TPSA) is 36.3 Å². The van der Waals surface area contributed by atoms with Crippen LogP contribution in [0.3, 0.4) is 0 Å². The Morgan fingerprint density at radius 3 is 2.06 bits per heavy atom. The fraction of sp³-hybridized carbons (Fsp3) is 0.929. The summed E-state index contributed by atoms with van der Waals surface area (Å²) >= 11 is 0. The van der Waals surface area contributed by atoms with Crippen LogP contribution in [0, 0.1) is 11.3 Å². The van der Waals surface area contributed by atoms with Crippen LogP contribution in [0.2, 0.25) is 0 Å². The van der Waals surface area contributed by atoms with Gasteiger partial charge in [-0.05, 0) is 39.8 Å². The van der Waals surface area contributed by atoms with Crippen molar-refractivity contribution in [1.82, 2.24) is 4.90 Å². The SMILES string of the molecule is CC1CC(C#N)(N2CCCCCC2)CC(C)O1. The first-order valence-corrected chi connectivity index (χ1v) is 6.98. The zero-order valence-electron chi connectivity index (χ0n) is 11.1. The van der Waals surface area contributed by atoms with Gasteiger partial charge in [0.05, 0.1) is 18.3 Å². The summed E-state index contributed by atoms with van der Waals surface area (Å²) in [6.07, 6.45) is 7.28. The Balaban J connectivity index is 2.14. The average molecular weight is 236 g/mol. The van der Waals surface area contributed by atoms with Crippen molar-refractivity contribution in [3.63, 3.8) is 0 Å². The number of likely N-dealkylation sites (tertiary alicyclic amines) is 1. The van der Waals surface area contributed by atoms with Gasteiger partial charge in [-0.3, -0.25) is 4.90 Å². The van der Waals surface area contributed by atoms with Crippen molar-refractivity contribution in [3.8, 4) is 6.07 Å². The van der Waals surface area contributed by atoms with Gasteiger partial charge < -0.3 is 4.74 Å². The first-order valence-electron chi connectivity index (χ1n) is 6.98. The van der Waals surface area contributed by atoms with Crippen molar-refractivity contribution < 1.29 is 4.74 Å². The van der Waals surface area contributed by atoms with Crippen LogP contribution in [0.4, 0.5) is 0 Å². The molecular weight excluding hydrogens is 212 g/mol. The molecule has 2 rings (SSSR count). The molecule has 2 heterocycles. The molecule has 0 aromatic heterocycles. The van der Waals surface area contributed by atoms with Gasteiger partial charge in [-0.15, -0.1) is 0 Å². The molecule has 2 aliphatic rings. The van der Waals surface area contributed by atoms with Crippen LogP contribution in [-0.4, -0.2) is 35.7 Å². The molecule has 3 nitrogen and oxygen atoms in total. The Hall–Kier alpha value is -0.590. The maximum atomic E-state index is 9.67. The van der Waals surface area contributed by atoms with Crippen LogP contribution < -0.4 is 0 Å². The van der Waals surface area contributed by atoms with E-state index in [-0.39, 0.29) is 17.7 Å². The summed E-state index contributed by atoms with van der Waals surface area (Å²) in [5, 5.41) is 9.67. The molecule has 2 aliphatic heterocycles. The van der Waals surface area contributed by atoms with Crippen molar-refractivity contribution in [3.05, 3.63) is 0 Å². The Bertz CT molecular complexity index is 279. The van der Waals surface area contributed by atoms with Crippen molar-refractivity contribution in [2.45, 2.75) is 70.1 Å². The minimum atomic E-state index is -0.262. The third kappa shape index (κ3) is 2.81. The van der Waals surface area contributed by atoms with Gasteiger partial charge in [0, 0.05) is 12.8 Å². The molecule has 2 fully saturated rings. The predicted octanol–water partition coefficient (Wildman–Crippen LogP) is 2.71. The second-order valence-corrected chi connectivity index (χ2v) is 5.71. The summed E-state index contributed by atoms with van der Waals surface area (Å²) in [6, 6.07) is 2.62. The average Bonchev–Trinajstić information content (AvgIpc) is 2.56. The van der Waals surface area contributed by atoms with E-state index in [0.717, 1.165) is 25.9 Å². The minimum absolute atomic E-state index is 0.210. The van der Waals surface area contributed by atoms with Gasteiger partial charge in [0.1, 0.15) is 5.54 Å². The molecule has 96 valence electrons. The smallest absolute Gasteiger partial charge is 0.114 e. The maximum absolute atomic E-state index is 9.67. The monoisotopic (exact) mass is 236 g/mol. The molecule has 0 aromatic rings. The van der Waals surface area contributed by atoms with Gasteiger partial charge in [-0.2, -0.15) is 5.26 Å². The van der Waals surface area contributed by atoms with E-state index < -0.39 is 0 Å². The van der Waals surface area contributed by atoms with Gasteiger partial charge in [0.25, 0.3) is 0 Å². The molecular formula is C14H24N2O. The molecule has 2 saturated heterocycles. The predicted molar refractivity (Wildman–Crippen MR) is 67.6 cm³/mol. The van der Waals surface area contributed by atoms with E-state index in [1.165, 1.54) is 25.7 Å². The van der Waals surface area contributed by atoms with Crippen LogP contribution in [0.15, 0.2) is 0 Å². The Morgan fingerprint density at radius 2 is 1.59 bits per heavy atom. The molecule has 0 N–H and O–H groups in total. The molecule has 2 atom stereocenters. The number of nitrogens with zero attached hydrogens (tertiary/aromatic N) is 2. The second kappa shape index (κ2) is 5.37. The zero-order chi connectivity index (χ0) is 12.3. The molecule has 17 heavy (non-hydrogen) atoms. The Labute approximate surface area is 105 Å². The lowest BCUT2D eigenvalue weighted by Crippen LogP contribution is -2.55. The van der Waals surface area contributed by atoms with Gasteiger partial charge in [0.2, 0.25) is 0 Å². The lowest BCUT2D eigenvalue weighted by Gasteiger charge is -2.45. The van der Waals surface area contributed by atoms with E-state index in [9.17, 15) is 5.26 Å². The molecule has 0 spiro atoms. The highest BCUT2D eigenvalue weighted by Crippen LogP contribution is 2.35. The molecule has 0 bridgehead atoms. The van der Waals surface area contributed by atoms with Crippen molar-refractivity contribution in [1.29, 1.82) is 5.26 Å². The first-order chi connectivity index (χ1) is 8.16. The molecule has 2 unspecified atom stereocenters. The number of ether oxygens (including phenoxy) is 1. The fourth-order valence-corrected chi connectivity index (χ4v) is 3.45. The molecule has 0 amide bonds. The largest absolute Gasteiger partial charge is 0.375 e. The number of hydrogen-bond acceptors (Lipinski definition) is 3. The van der Waals surface area contributed by atoms with E-state index in [0.29, 0.717) is 0 Å². The lowest BCUT2D eigenvalue weighted by atomic mass is 9.83. The highest BCUT2D eigenvalue weighted by Gasteiger charge is 2.43. The second-order valence-electron chi connectivity index (χ2n) is 5.71.